The second kappa shape index (κ2) is 5.97. The molecule has 0 atom stereocenters. The number of rotatable bonds is 4. The number of hydrogen-bond acceptors (Lipinski definition) is 2. The number of amidine groups is 1. The number of hydrogen-bond donors (Lipinski definition) is 2. The van der Waals surface area contributed by atoms with Gasteiger partial charge in [-0.1, -0.05) is 29.8 Å². The van der Waals surface area contributed by atoms with Crippen molar-refractivity contribution in [2.24, 2.45) is 5.73 Å². The first-order valence-electron chi connectivity index (χ1n) is 6.38. The Balaban J connectivity index is 2.22. The average Bonchev–Trinajstić information content (AvgIpc) is 2.40. The van der Waals surface area contributed by atoms with Crippen LogP contribution in [-0.2, 0) is 6.54 Å². The highest BCUT2D eigenvalue weighted by atomic mass is 35.5. The quantitative estimate of drug-likeness (QED) is 0.667. The molecule has 2 rings (SSSR count). The normalized spacial score (nSPS) is 10.3. The van der Waals surface area contributed by atoms with E-state index in [2.05, 4.69) is 4.90 Å². The van der Waals surface area contributed by atoms with Crippen molar-refractivity contribution in [2.75, 3.05) is 11.9 Å². The number of nitrogens with one attached hydrogen (secondary N) is 1. The predicted octanol–water partition coefficient (Wildman–Crippen LogP) is 3.57. The zero-order valence-corrected chi connectivity index (χ0v) is 12.4. The summed E-state index contributed by atoms with van der Waals surface area (Å²) in [5.74, 6) is 0.0998. The monoisotopic (exact) mass is 287 g/mol. The first-order valence-corrected chi connectivity index (χ1v) is 6.76. The van der Waals surface area contributed by atoms with Gasteiger partial charge in [0.2, 0.25) is 0 Å². The van der Waals surface area contributed by atoms with Crippen LogP contribution in [0.4, 0.5) is 5.69 Å². The molecule has 0 aromatic heterocycles. The highest BCUT2D eigenvalue weighted by Gasteiger charge is 2.08. The summed E-state index contributed by atoms with van der Waals surface area (Å²) in [5, 5.41) is 8.28. The summed E-state index contributed by atoms with van der Waals surface area (Å²) in [6.07, 6.45) is 0. The van der Waals surface area contributed by atoms with Crippen LogP contribution in [0.3, 0.4) is 0 Å². The van der Waals surface area contributed by atoms with Crippen molar-refractivity contribution in [3.8, 4) is 0 Å². The van der Waals surface area contributed by atoms with Gasteiger partial charge in [0.15, 0.2) is 0 Å². The molecular formula is C16H18ClN3. The van der Waals surface area contributed by atoms with Gasteiger partial charge >= 0.3 is 0 Å². The lowest BCUT2D eigenvalue weighted by atomic mass is 10.1. The van der Waals surface area contributed by atoms with E-state index in [9.17, 15) is 0 Å². The second-order valence-corrected chi connectivity index (χ2v) is 5.27. The van der Waals surface area contributed by atoms with Gasteiger partial charge in [-0.2, -0.15) is 0 Å². The summed E-state index contributed by atoms with van der Waals surface area (Å²) in [7, 11) is 2.02. The molecule has 104 valence electrons. The minimum Gasteiger partial charge on any atom is -0.384 e. The number of anilines is 1. The van der Waals surface area contributed by atoms with E-state index in [0.29, 0.717) is 0 Å². The van der Waals surface area contributed by atoms with Crippen LogP contribution in [0.5, 0.6) is 0 Å². The third kappa shape index (κ3) is 3.11. The number of benzene rings is 2. The molecular weight excluding hydrogens is 270 g/mol. The number of nitrogen functional groups attached to an aromatic ring is 1. The SMILES string of the molecule is Cc1cc(N(C)Cc2ccccc2Cl)ccc1C(=N)N. The third-order valence-electron chi connectivity index (χ3n) is 3.31. The van der Waals surface area contributed by atoms with Crippen LogP contribution in [0.15, 0.2) is 42.5 Å². The molecule has 20 heavy (non-hydrogen) atoms. The number of nitrogens with two attached hydrogens (primary N) is 1. The first kappa shape index (κ1) is 14.4. The van der Waals surface area contributed by atoms with E-state index in [1.807, 2.05) is 56.4 Å². The molecule has 3 nitrogen and oxygen atoms in total. The van der Waals surface area contributed by atoms with Gasteiger partial charge in [-0.05, 0) is 42.3 Å². The Labute approximate surface area is 124 Å². The topological polar surface area (TPSA) is 53.1 Å². The van der Waals surface area contributed by atoms with Crippen molar-refractivity contribution in [3.63, 3.8) is 0 Å². The van der Waals surface area contributed by atoms with Gasteiger partial charge in [0.1, 0.15) is 5.84 Å². The maximum atomic E-state index is 7.51. The minimum atomic E-state index is 0.0998. The van der Waals surface area contributed by atoms with E-state index in [-0.39, 0.29) is 5.84 Å². The Hall–Kier alpha value is -2.00. The number of nitrogens with zero attached hydrogens (tertiary/aromatic N) is 1. The zero-order valence-electron chi connectivity index (χ0n) is 11.7. The van der Waals surface area contributed by atoms with Gasteiger partial charge in [0, 0.05) is 29.9 Å². The van der Waals surface area contributed by atoms with Crippen molar-refractivity contribution >= 4 is 23.1 Å². The Morgan fingerprint density at radius 3 is 2.55 bits per heavy atom. The molecule has 0 aliphatic carbocycles. The predicted molar refractivity (Wildman–Crippen MR) is 85.8 cm³/mol. The van der Waals surface area contributed by atoms with E-state index >= 15 is 0 Å². The Morgan fingerprint density at radius 2 is 1.95 bits per heavy atom. The molecule has 0 amide bonds. The summed E-state index contributed by atoms with van der Waals surface area (Å²) in [6, 6.07) is 13.7. The Morgan fingerprint density at radius 1 is 1.25 bits per heavy atom. The van der Waals surface area contributed by atoms with Gasteiger partial charge in [-0.15, -0.1) is 0 Å². The molecule has 0 unspecified atom stereocenters. The molecule has 0 aliphatic heterocycles. The molecule has 0 saturated carbocycles. The fourth-order valence-electron chi connectivity index (χ4n) is 2.16. The van der Waals surface area contributed by atoms with Crippen molar-refractivity contribution in [3.05, 3.63) is 64.2 Å². The van der Waals surface area contributed by atoms with E-state index in [1.165, 1.54) is 0 Å². The minimum absolute atomic E-state index is 0.0998. The molecule has 2 aromatic carbocycles. The van der Waals surface area contributed by atoms with Crippen molar-refractivity contribution in [1.29, 1.82) is 5.41 Å². The summed E-state index contributed by atoms with van der Waals surface area (Å²) in [4.78, 5) is 2.12. The van der Waals surface area contributed by atoms with Crippen LogP contribution in [0, 0.1) is 12.3 Å². The maximum Gasteiger partial charge on any atom is 0.123 e. The molecule has 4 heteroatoms. The Bertz CT molecular complexity index is 637. The average molecular weight is 288 g/mol. The molecule has 0 bridgehead atoms. The standard InChI is InChI=1S/C16H18ClN3/c1-11-9-13(7-8-14(11)16(18)19)20(2)10-12-5-3-4-6-15(12)17/h3-9H,10H2,1-2H3,(H3,18,19). The fourth-order valence-corrected chi connectivity index (χ4v) is 2.36. The lowest BCUT2D eigenvalue weighted by Crippen LogP contribution is -2.18. The number of halogens is 1. The van der Waals surface area contributed by atoms with Gasteiger partial charge in [-0.3, -0.25) is 5.41 Å². The fraction of sp³-hybridized carbons (Fsp3) is 0.188. The van der Waals surface area contributed by atoms with Crippen LogP contribution in [-0.4, -0.2) is 12.9 Å². The summed E-state index contributed by atoms with van der Waals surface area (Å²) >= 11 is 6.18. The summed E-state index contributed by atoms with van der Waals surface area (Å²) in [5.41, 5.74) is 9.48. The maximum absolute atomic E-state index is 7.51. The largest absolute Gasteiger partial charge is 0.384 e. The van der Waals surface area contributed by atoms with Crippen LogP contribution < -0.4 is 10.6 Å². The highest BCUT2D eigenvalue weighted by Crippen LogP contribution is 2.22. The molecule has 0 radical (unpaired) electrons. The summed E-state index contributed by atoms with van der Waals surface area (Å²) in [6.45, 7) is 2.70. The molecule has 3 N–H and O–H groups in total. The molecule has 0 spiro atoms. The van der Waals surface area contributed by atoms with Crippen molar-refractivity contribution < 1.29 is 0 Å². The molecule has 0 saturated heterocycles. The first-order chi connectivity index (χ1) is 9.49. The van der Waals surface area contributed by atoms with Crippen LogP contribution in [0.25, 0.3) is 0 Å². The summed E-state index contributed by atoms with van der Waals surface area (Å²) < 4.78 is 0. The lowest BCUT2D eigenvalue weighted by Gasteiger charge is -2.21. The lowest BCUT2D eigenvalue weighted by molar-refractivity contribution is 0.922. The van der Waals surface area contributed by atoms with E-state index in [4.69, 9.17) is 22.7 Å². The van der Waals surface area contributed by atoms with Gasteiger partial charge in [-0.25, -0.2) is 0 Å². The van der Waals surface area contributed by atoms with Gasteiger partial charge in [0.05, 0.1) is 0 Å². The zero-order chi connectivity index (χ0) is 14.7. The van der Waals surface area contributed by atoms with Crippen LogP contribution in [0.1, 0.15) is 16.7 Å². The van der Waals surface area contributed by atoms with E-state index in [1.54, 1.807) is 0 Å². The van der Waals surface area contributed by atoms with Crippen molar-refractivity contribution in [1.82, 2.24) is 0 Å². The molecule has 0 fully saturated rings. The van der Waals surface area contributed by atoms with E-state index in [0.717, 1.165) is 33.9 Å². The highest BCUT2D eigenvalue weighted by molar-refractivity contribution is 6.31. The smallest absolute Gasteiger partial charge is 0.123 e. The molecule has 0 aliphatic rings. The van der Waals surface area contributed by atoms with Crippen molar-refractivity contribution in [2.45, 2.75) is 13.5 Å². The van der Waals surface area contributed by atoms with Gasteiger partial charge < -0.3 is 10.6 Å². The van der Waals surface area contributed by atoms with Crippen LogP contribution in [0.2, 0.25) is 5.02 Å². The Kier molecular flexibility index (Phi) is 4.30. The van der Waals surface area contributed by atoms with E-state index < -0.39 is 0 Å². The third-order valence-corrected chi connectivity index (χ3v) is 3.68. The molecule has 2 aromatic rings. The van der Waals surface area contributed by atoms with Gasteiger partial charge in [0.25, 0.3) is 0 Å². The van der Waals surface area contributed by atoms with Crippen LogP contribution >= 0.6 is 11.6 Å². The number of aryl methyl sites for hydroxylation is 1. The molecule has 0 heterocycles. The second-order valence-electron chi connectivity index (χ2n) is 4.86.